The minimum atomic E-state index is -0.0965. The molecule has 1 aliphatic heterocycles. The summed E-state index contributed by atoms with van der Waals surface area (Å²) in [6.07, 6.45) is 0.616. The van der Waals surface area contributed by atoms with E-state index in [1.807, 2.05) is 31.2 Å². The van der Waals surface area contributed by atoms with Gasteiger partial charge in [0, 0.05) is 41.3 Å². The zero-order chi connectivity index (χ0) is 20.4. The highest BCUT2D eigenvalue weighted by molar-refractivity contribution is 6.30. The smallest absolute Gasteiger partial charge is 0.254 e. The fourth-order valence-electron chi connectivity index (χ4n) is 3.58. The third-order valence-electron chi connectivity index (χ3n) is 5.05. The first-order valence-corrected chi connectivity index (χ1v) is 9.97. The fourth-order valence-corrected chi connectivity index (χ4v) is 3.71. The van der Waals surface area contributed by atoms with Crippen molar-refractivity contribution >= 4 is 11.6 Å². The van der Waals surface area contributed by atoms with Crippen molar-refractivity contribution in [3.63, 3.8) is 0 Å². The van der Waals surface area contributed by atoms with Crippen LogP contribution in [0, 0.1) is 0 Å². The Morgan fingerprint density at radius 1 is 1.24 bits per heavy atom. The number of nitrogens with zero attached hydrogens (tertiary/aromatic N) is 2. The van der Waals surface area contributed by atoms with Crippen LogP contribution in [-0.2, 0) is 19.5 Å². The molecule has 0 aliphatic carbocycles. The van der Waals surface area contributed by atoms with Crippen LogP contribution in [0.3, 0.4) is 0 Å². The monoisotopic (exact) mass is 411 g/mol. The molecule has 0 atom stereocenters. The van der Waals surface area contributed by atoms with Crippen molar-refractivity contribution < 1.29 is 9.84 Å². The lowest BCUT2D eigenvalue weighted by atomic mass is 10.0. The summed E-state index contributed by atoms with van der Waals surface area (Å²) in [5.74, 6) is 1.19. The molecule has 0 unspecified atom stereocenters. The van der Waals surface area contributed by atoms with Gasteiger partial charge in [-0.05, 0) is 43.7 Å². The molecule has 2 N–H and O–H groups in total. The molecular formula is C22H22ClN3O3. The number of nitrogens with one attached hydrogen (secondary N) is 1. The quantitative estimate of drug-likeness (QED) is 0.668. The van der Waals surface area contributed by atoms with Crippen molar-refractivity contribution in [2.45, 2.75) is 26.4 Å². The molecule has 0 fully saturated rings. The Labute approximate surface area is 173 Å². The number of phenols is 1. The van der Waals surface area contributed by atoms with Crippen molar-refractivity contribution in [1.29, 1.82) is 0 Å². The number of aromatic nitrogens is 2. The van der Waals surface area contributed by atoms with Crippen LogP contribution in [-0.4, -0.2) is 33.1 Å². The van der Waals surface area contributed by atoms with Gasteiger partial charge in [-0.2, -0.15) is 0 Å². The molecule has 1 aromatic heterocycles. The molecule has 150 valence electrons. The van der Waals surface area contributed by atoms with Crippen LogP contribution in [0.15, 0.2) is 47.3 Å². The van der Waals surface area contributed by atoms with Crippen LogP contribution >= 0.6 is 11.6 Å². The molecule has 4 rings (SSSR count). The van der Waals surface area contributed by atoms with Crippen LogP contribution in [0.5, 0.6) is 11.5 Å². The summed E-state index contributed by atoms with van der Waals surface area (Å²) >= 11 is 5.96. The number of phenolic OH excluding ortho intramolecular Hbond substituents is 1. The number of para-hydroxylation sites is 1. The number of hydrogen-bond donors (Lipinski definition) is 2. The van der Waals surface area contributed by atoms with Gasteiger partial charge in [0.1, 0.15) is 5.82 Å². The first-order chi connectivity index (χ1) is 14.0. The summed E-state index contributed by atoms with van der Waals surface area (Å²) in [4.78, 5) is 22.3. The normalized spacial score (nSPS) is 13.9. The Bertz CT molecular complexity index is 1080. The number of aromatic amines is 1. The zero-order valence-electron chi connectivity index (χ0n) is 16.1. The van der Waals surface area contributed by atoms with Gasteiger partial charge in [0.25, 0.3) is 5.56 Å². The molecule has 29 heavy (non-hydrogen) atoms. The van der Waals surface area contributed by atoms with E-state index in [0.717, 1.165) is 28.9 Å². The standard InChI is InChI=1S/C22H22ClN3O3/c1-2-29-19-5-3-4-15(20(19)27)12-26-11-10-17-18(13-26)24-21(25-22(17)28)14-6-8-16(23)9-7-14/h3-9,27H,2,10-13H2,1H3,(H,24,25,28). The van der Waals surface area contributed by atoms with Crippen LogP contribution in [0.2, 0.25) is 5.02 Å². The molecule has 0 amide bonds. The van der Waals surface area contributed by atoms with Gasteiger partial charge in [-0.1, -0.05) is 23.7 Å². The number of H-pyrrole nitrogens is 1. The summed E-state index contributed by atoms with van der Waals surface area (Å²) in [6.45, 7) is 4.19. The minimum Gasteiger partial charge on any atom is -0.504 e. The van der Waals surface area contributed by atoms with Crippen molar-refractivity contribution in [3.05, 3.63) is 74.7 Å². The molecule has 0 radical (unpaired) electrons. The van der Waals surface area contributed by atoms with Gasteiger partial charge in [0.15, 0.2) is 11.5 Å². The van der Waals surface area contributed by atoms with Crippen LogP contribution in [0.25, 0.3) is 11.4 Å². The third-order valence-corrected chi connectivity index (χ3v) is 5.30. The Morgan fingerprint density at radius 3 is 2.79 bits per heavy atom. The second-order valence-electron chi connectivity index (χ2n) is 7.00. The Balaban J connectivity index is 1.59. The van der Waals surface area contributed by atoms with Crippen molar-refractivity contribution in [2.24, 2.45) is 0 Å². The highest BCUT2D eigenvalue weighted by Crippen LogP contribution is 2.31. The molecular weight excluding hydrogens is 390 g/mol. The summed E-state index contributed by atoms with van der Waals surface area (Å²) in [5.41, 5.74) is 3.01. The van der Waals surface area contributed by atoms with Gasteiger partial charge in [0.2, 0.25) is 0 Å². The van der Waals surface area contributed by atoms with Gasteiger partial charge < -0.3 is 14.8 Å². The topological polar surface area (TPSA) is 78.5 Å². The van der Waals surface area contributed by atoms with Crippen molar-refractivity contribution in [3.8, 4) is 22.9 Å². The van der Waals surface area contributed by atoms with Crippen molar-refractivity contribution in [1.82, 2.24) is 14.9 Å². The average molecular weight is 412 g/mol. The number of fused-ring (bicyclic) bond motifs is 1. The number of halogens is 1. The van der Waals surface area contributed by atoms with E-state index in [0.29, 0.717) is 42.7 Å². The molecule has 2 aromatic carbocycles. The number of ether oxygens (including phenoxy) is 1. The van der Waals surface area contributed by atoms with E-state index in [-0.39, 0.29) is 11.3 Å². The van der Waals surface area contributed by atoms with E-state index in [1.54, 1.807) is 18.2 Å². The number of rotatable bonds is 5. The highest BCUT2D eigenvalue weighted by atomic mass is 35.5. The number of benzene rings is 2. The maximum atomic E-state index is 12.6. The largest absolute Gasteiger partial charge is 0.504 e. The molecule has 1 aliphatic rings. The Morgan fingerprint density at radius 2 is 2.03 bits per heavy atom. The number of hydrogen-bond acceptors (Lipinski definition) is 5. The Hall–Kier alpha value is -2.83. The van der Waals surface area contributed by atoms with Crippen LogP contribution in [0.4, 0.5) is 0 Å². The highest BCUT2D eigenvalue weighted by Gasteiger charge is 2.22. The maximum absolute atomic E-state index is 12.6. The van der Waals surface area contributed by atoms with Gasteiger partial charge in [-0.25, -0.2) is 4.98 Å². The van der Waals surface area contributed by atoms with Gasteiger partial charge in [-0.15, -0.1) is 0 Å². The van der Waals surface area contributed by atoms with Crippen LogP contribution in [0.1, 0.15) is 23.7 Å². The summed E-state index contributed by atoms with van der Waals surface area (Å²) in [7, 11) is 0. The second kappa shape index (κ2) is 8.27. The molecule has 2 heterocycles. The summed E-state index contributed by atoms with van der Waals surface area (Å²) in [6, 6.07) is 12.7. The van der Waals surface area contributed by atoms with E-state index < -0.39 is 0 Å². The zero-order valence-corrected chi connectivity index (χ0v) is 16.9. The molecule has 3 aromatic rings. The molecule has 0 bridgehead atoms. The number of aromatic hydroxyl groups is 1. The molecule has 7 heteroatoms. The average Bonchev–Trinajstić information content (AvgIpc) is 2.71. The van der Waals surface area contributed by atoms with E-state index in [4.69, 9.17) is 21.3 Å². The molecule has 0 spiro atoms. The molecule has 6 nitrogen and oxygen atoms in total. The second-order valence-corrected chi connectivity index (χ2v) is 7.44. The van der Waals surface area contributed by atoms with Crippen molar-refractivity contribution in [2.75, 3.05) is 13.2 Å². The third kappa shape index (κ3) is 4.13. The first kappa shape index (κ1) is 19.5. The lowest BCUT2D eigenvalue weighted by Crippen LogP contribution is -2.35. The maximum Gasteiger partial charge on any atom is 0.254 e. The lowest BCUT2D eigenvalue weighted by Gasteiger charge is -2.28. The lowest BCUT2D eigenvalue weighted by molar-refractivity contribution is 0.235. The van der Waals surface area contributed by atoms with E-state index in [2.05, 4.69) is 9.88 Å². The minimum absolute atomic E-state index is 0.0965. The molecule has 0 saturated carbocycles. The predicted octanol–water partition coefficient (Wildman–Crippen LogP) is 3.75. The Kier molecular flexibility index (Phi) is 5.56. The van der Waals surface area contributed by atoms with Crippen LogP contribution < -0.4 is 10.3 Å². The molecule has 0 saturated heterocycles. The van der Waals surface area contributed by atoms with E-state index in [9.17, 15) is 9.90 Å². The van der Waals surface area contributed by atoms with Gasteiger partial charge in [0.05, 0.1) is 12.3 Å². The summed E-state index contributed by atoms with van der Waals surface area (Å²) < 4.78 is 5.48. The van der Waals surface area contributed by atoms with E-state index >= 15 is 0 Å². The fraction of sp³-hybridized carbons (Fsp3) is 0.273. The van der Waals surface area contributed by atoms with E-state index in [1.165, 1.54) is 0 Å². The van der Waals surface area contributed by atoms with Gasteiger partial charge in [-0.3, -0.25) is 9.69 Å². The predicted molar refractivity (Wildman–Crippen MR) is 112 cm³/mol. The summed E-state index contributed by atoms with van der Waals surface area (Å²) in [5, 5.41) is 11.1. The SMILES string of the molecule is CCOc1cccc(CN2CCc3c(nc(-c4ccc(Cl)cc4)[nH]c3=O)C2)c1O. The van der Waals surface area contributed by atoms with Gasteiger partial charge >= 0.3 is 0 Å². The first-order valence-electron chi connectivity index (χ1n) is 9.59.